The summed E-state index contributed by atoms with van der Waals surface area (Å²) in [6, 6.07) is 0. The minimum Gasteiger partial charge on any atom is -0.591 e. The maximum atomic E-state index is 11.4. The van der Waals surface area contributed by atoms with Gasteiger partial charge in [0.15, 0.2) is 0 Å². The molecule has 0 rings (SSSR count). The van der Waals surface area contributed by atoms with Crippen molar-refractivity contribution in [3.63, 3.8) is 0 Å². The fourth-order valence-corrected chi connectivity index (χ4v) is 1.02. The zero-order valence-electron chi connectivity index (χ0n) is 8.63. The van der Waals surface area contributed by atoms with Crippen molar-refractivity contribution in [2.75, 3.05) is 0 Å². The van der Waals surface area contributed by atoms with E-state index in [0.29, 0.717) is 5.92 Å². The smallest absolute Gasteiger partial charge is 0.144 e. The van der Waals surface area contributed by atoms with E-state index in [2.05, 4.69) is 18.2 Å². The highest BCUT2D eigenvalue weighted by Gasteiger charge is 2.25. The number of hydrogen-bond acceptors (Lipinski definition) is 2. The van der Waals surface area contributed by atoms with Crippen LogP contribution in [0.5, 0.6) is 0 Å². The van der Waals surface area contributed by atoms with Crippen molar-refractivity contribution in [2.45, 2.75) is 45.8 Å². The van der Waals surface area contributed by atoms with Crippen LogP contribution >= 0.6 is 0 Å². The molecule has 0 spiro atoms. The van der Waals surface area contributed by atoms with Crippen LogP contribution in [0, 0.1) is 5.92 Å². The van der Waals surface area contributed by atoms with E-state index in [4.69, 9.17) is 0 Å². The third-order valence-corrected chi connectivity index (χ3v) is 2.66. The minimum absolute atomic E-state index is 0.229. The summed E-state index contributed by atoms with van der Waals surface area (Å²) < 4.78 is 15.1. The Bertz CT molecular complexity index is 149. The summed E-state index contributed by atoms with van der Waals surface area (Å²) in [5.74, 6) is 0.589. The Morgan fingerprint density at radius 2 is 1.92 bits per heavy atom. The van der Waals surface area contributed by atoms with Gasteiger partial charge in [0.25, 0.3) is 0 Å². The SMILES string of the molecule is CC(C)C/C=N/[S@@+]([O-])C(C)(C)C. The van der Waals surface area contributed by atoms with Gasteiger partial charge in [0.05, 0.1) is 6.21 Å². The molecule has 0 aliphatic rings. The largest absolute Gasteiger partial charge is 0.591 e. The molecule has 0 aromatic carbocycles. The Morgan fingerprint density at radius 3 is 2.25 bits per heavy atom. The van der Waals surface area contributed by atoms with Crippen LogP contribution in [-0.4, -0.2) is 15.5 Å². The van der Waals surface area contributed by atoms with Crippen molar-refractivity contribution < 1.29 is 4.55 Å². The van der Waals surface area contributed by atoms with Gasteiger partial charge in [-0.3, -0.25) is 0 Å². The third-order valence-electron chi connectivity index (χ3n) is 1.27. The topological polar surface area (TPSA) is 35.4 Å². The molecule has 0 unspecified atom stereocenters. The number of hydrogen-bond donors (Lipinski definition) is 0. The molecule has 0 N–H and O–H groups in total. The summed E-state index contributed by atoms with van der Waals surface area (Å²) in [6.07, 6.45) is 2.67. The van der Waals surface area contributed by atoms with Crippen molar-refractivity contribution >= 4 is 17.6 Å². The van der Waals surface area contributed by atoms with Gasteiger partial charge < -0.3 is 4.55 Å². The average molecular weight is 189 g/mol. The zero-order chi connectivity index (χ0) is 9.78. The standard InChI is InChI=1S/C9H19NOS/c1-8(2)6-7-10-12(11)9(3,4)5/h7-8H,6H2,1-5H3/b10-7+/t12-/m0/s1. The van der Waals surface area contributed by atoms with Crippen LogP contribution in [0.2, 0.25) is 0 Å². The molecule has 0 aromatic heterocycles. The molecule has 0 saturated carbocycles. The molecule has 2 nitrogen and oxygen atoms in total. The van der Waals surface area contributed by atoms with E-state index in [1.807, 2.05) is 20.8 Å². The molecule has 0 fully saturated rings. The lowest BCUT2D eigenvalue weighted by atomic mass is 10.2. The summed E-state index contributed by atoms with van der Waals surface area (Å²) >= 11 is -1.08. The molecule has 0 saturated heterocycles. The normalized spacial score (nSPS) is 15.9. The van der Waals surface area contributed by atoms with Crippen LogP contribution in [0.3, 0.4) is 0 Å². The molecule has 0 bridgehead atoms. The zero-order valence-corrected chi connectivity index (χ0v) is 9.44. The maximum Gasteiger partial charge on any atom is 0.144 e. The van der Waals surface area contributed by atoms with Gasteiger partial charge in [-0.15, -0.1) is 0 Å². The second-order valence-electron chi connectivity index (χ2n) is 4.28. The van der Waals surface area contributed by atoms with E-state index in [9.17, 15) is 4.55 Å². The fraction of sp³-hybridized carbons (Fsp3) is 0.889. The van der Waals surface area contributed by atoms with Crippen LogP contribution < -0.4 is 0 Å². The van der Waals surface area contributed by atoms with Gasteiger partial charge in [0.2, 0.25) is 0 Å². The van der Waals surface area contributed by atoms with Gasteiger partial charge in [-0.1, -0.05) is 18.2 Å². The molecule has 0 radical (unpaired) electrons. The van der Waals surface area contributed by atoms with Gasteiger partial charge in [0, 0.05) is 0 Å². The molecule has 0 aromatic rings. The van der Waals surface area contributed by atoms with Gasteiger partial charge in [0.1, 0.15) is 16.1 Å². The molecule has 72 valence electrons. The van der Waals surface area contributed by atoms with Gasteiger partial charge in [-0.2, -0.15) is 0 Å². The van der Waals surface area contributed by atoms with Crippen LogP contribution in [0.15, 0.2) is 4.40 Å². The van der Waals surface area contributed by atoms with E-state index in [1.165, 1.54) is 0 Å². The summed E-state index contributed by atoms with van der Waals surface area (Å²) in [4.78, 5) is 0. The van der Waals surface area contributed by atoms with Gasteiger partial charge in [-0.25, -0.2) is 0 Å². The van der Waals surface area contributed by atoms with E-state index in [0.717, 1.165) is 6.42 Å². The molecular formula is C9H19NOS. The molecule has 0 aliphatic carbocycles. The Morgan fingerprint density at radius 1 is 1.42 bits per heavy atom. The third kappa shape index (κ3) is 5.61. The fourth-order valence-electron chi connectivity index (χ4n) is 0.480. The monoisotopic (exact) mass is 189 g/mol. The Hall–Kier alpha value is -0.0200. The Balaban J connectivity index is 3.84. The van der Waals surface area contributed by atoms with Crippen LogP contribution in [0.25, 0.3) is 0 Å². The van der Waals surface area contributed by atoms with E-state index in [1.54, 1.807) is 6.21 Å². The Kier molecular flexibility index (Phi) is 4.87. The second kappa shape index (κ2) is 4.87. The number of rotatable bonds is 3. The first-order chi connectivity index (χ1) is 5.34. The quantitative estimate of drug-likeness (QED) is 0.496. The molecule has 3 heteroatoms. The summed E-state index contributed by atoms with van der Waals surface area (Å²) in [7, 11) is 0. The van der Waals surface area contributed by atoms with E-state index in [-0.39, 0.29) is 4.75 Å². The lowest BCUT2D eigenvalue weighted by Crippen LogP contribution is -2.25. The predicted octanol–water partition coefficient (Wildman–Crippen LogP) is 2.57. The average Bonchev–Trinajstić information content (AvgIpc) is 1.84. The summed E-state index contributed by atoms with van der Waals surface area (Å²) in [5, 5.41) is 0. The lowest BCUT2D eigenvalue weighted by Gasteiger charge is -2.17. The molecule has 0 aliphatic heterocycles. The minimum atomic E-state index is -1.08. The van der Waals surface area contributed by atoms with Crippen molar-refractivity contribution in [3.05, 3.63) is 0 Å². The molecule has 1 atom stereocenters. The first-order valence-corrected chi connectivity index (χ1v) is 5.39. The van der Waals surface area contributed by atoms with Crippen LogP contribution in [-0.2, 0) is 11.4 Å². The lowest BCUT2D eigenvalue weighted by molar-refractivity contribution is 0.561. The van der Waals surface area contributed by atoms with Crippen LogP contribution in [0.4, 0.5) is 0 Å². The second-order valence-corrected chi connectivity index (χ2v) is 6.21. The summed E-state index contributed by atoms with van der Waals surface area (Å²) in [6.45, 7) is 10.0. The number of nitrogens with zero attached hydrogens (tertiary/aromatic N) is 1. The van der Waals surface area contributed by atoms with Crippen molar-refractivity contribution in [1.82, 2.24) is 0 Å². The maximum absolute atomic E-state index is 11.4. The Labute approximate surface area is 78.8 Å². The van der Waals surface area contributed by atoms with E-state index >= 15 is 0 Å². The highest BCUT2D eigenvalue weighted by molar-refractivity contribution is 7.91. The molecule has 12 heavy (non-hydrogen) atoms. The van der Waals surface area contributed by atoms with Gasteiger partial charge >= 0.3 is 0 Å². The molecule has 0 heterocycles. The first kappa shape index (κ1) is 12.0. The summed E-state index contributed by atoms with van der Waals surface area (Å²) in [5.41, 5.74) is 0. The first-order valence-electron chi connectivity index (χ1n) is 4.28. The molecule has 0 amide bonds. The van der Waals surface area contributed by atoms with Gasteiger partial charge in [-0.05, 0) is 33.1 Å². The van der Waals surface area contributed by atoms with Crippen molar-refractivity contribution in [2.24, 2.45) is 10.3 Å². The highest BCUT2D eigenvalue weighted by atomic mass is 32.2. The predicted molar refractivity (Wildman–Crippen MR) is 55.8 cm³/mol. The van der Waals surface area contributed by atoms with Crippen molar-refractivity contribution in [3.8, 4) is 0 Å². The van der Waals surface area contributed by atoms with Crippen LogP contribution in [0.1, 0.15) is 41.0 Å². The van der Waals surface area contributed by atoms with E-state index < -0.39 is 11.4 Å². The van der Waals surface area contributed by atoms with Crippen molar-refractivity contribution in [1.29, 1.82) is 0 Å². The molecular weight excluding hydrogens is 170 g/mol. The highest BCUT2D eigenvalue weighted by Crippen LogP contribution is 2.16.